The van der Waals surface area contributed by atoms with Gasteiger partial charge in [-0.05, 0) is 18.9 Å². The summed E-state index contributed by atoms with van der Waals surface area (Å²) in [5, 5.41) is 9.70. The molecule has 1 aromatic rings. The number of aliphatic hydroxyl groups excluding tert-OH is 1. The molecule has 4 heteroatoms. The Morgan fingerprint density at radius 2 is 2.18 bits per heavy atom. The molecule has 92 valence electrons. The van der Waals surface area contributed by atoms with Crippen LogP contribution in [0.5, 0.6) is 0 Å². The normalized spacial score (nSPS) is 23.8. The van der Waals surface area contributed by atoms with Crippen LogP contribution in [0, 0.1) is 0 Å². The molecule has 2 atom stereocenters. The number of likely N-dealkylation sites (tertiary alicyclic amines) is 1. The van der Waals surface area contributed by atoms with Crippen molar-refractivity contribution in [2.75, 3.05) is 13.2 Å². The van der Waals surface area contributed by atoms with Gasteiger partial charge in [0.05, 0.1) is 25.3 Å². The number of β-amino-alcohol motifs (C(OH)–C–C–N with tert-alkyl or cyclic N) is 1. The zero-order valence-electron chi connectivity index (χ0n) is 9.87. The van der Waals surface area contributed by atoms with Gasteiger partial charge in [-0.3, -0.25) is 4.90 Å². The highest BCUT2D eigenvalue weighted by Gasteiger charge is 2.35. The molecule has 1 aliphatic heterocycles. The number of hydrogen-bond donors (Lipinski definition) is 1. The van der Waals surface area contributed by atoms with Crippen molar-refractivity contribution < 1.29 is 14.6 Å². The first-order valence-corrected chi connectivity index (χ1v) is 5.88. The summed E-state index contributed by atoms with van der Waals surface area (Å²) in [4.78, 5) is 13.4. The molecule has 0 unspecified atom stereocenters. The largest absolute Gasteiger partial charge is 0.450 e. The number of carbonyl (C=O) groups excluding carboxylic acids is 1. The van der Waals surface area contributed by atoms with E-state index in [9.17, 15) is 9.90 Å². The van der Waals surface area contributed by atoms with Crippen LogP contribution in [0.15, 0.2) is 30.3 Å². The van der Waals surface area contributed by atoms with Crippen LogP contribution in [0.25, 0.3) is 0 Å². The lowest BCUT2D eigenvalue weighted by Crippen LogP contribution is -2.32. The number of nitrogens with zero attached hydrogens (tertiary/aromatic N) is 1. The van der Waals surface area contributed by atoms with Gasteiger partial charge >= 0.3 is 6.09 Å². The molecule has 4 nitrogen and oxygen atoms in total. The predicted octanol–water partition coefficient (Wildman–Crippen LogP) is 1.95. The van der Waals surface area contributed by atoms with E-state index in [1.807, 2.05) is 30.3 Å². The highest BCUT2D eigenvalue weighted by Crippen LogP contribution is 2.32. The van der Waals surface area contributed by atoms with Crippen molar-refractivity contribution in [1.29, 1.82) is 0 Å². The Kier molecular flexibility index (Phi) is 3.64. The lowest BCUT2D eigenvalue weighted by molar-refractivity contribution is 0.0976. The molecule has 0 radical (unpaired) electrons. The van der Waals surface area contributed by atoms with Gasteiger partial charge in [0.1, 0.15) is 0 Å². The molecule has 0 bridgehead atoms. The summed E-state index contributed by atoms with van der Waals surface area (Å²) in [5.41, 5.74) is 1.04. The third kappa shape index (κ3) is 2.58. The highest BCUT2D eigenvalue weighted by molar-refractivity contribution is 5.69. The summed E-state index contributed by atoms with van der Waals surface area (Å²) < 4.78 is 5.00. The van der Waals surface area contributed by atoms with Crippen LogP contribution < -0.4 is 0 Å². The van der Waals surface area contributed by atoms with Crippen LogP contribution in [0.4, 0.5) is 4.79 Å². The quantitative estimate of drug-likeness (QED) is 0.852. The topological polar surface area (TPSA) is 49.8 Å². The summed E-state index contributed by atoms with van der Waals surface area (Å²) in [6, 6.07) is 9.66. The first-order chi connectivity index (χ1) is 8.22. The molecule has 0 saturated carbocycles. The zero-order chi connectivity index (χ0) is 12.3. The molecule has 1 heterocycles. The van der Waals surface area contributed by atoms with Crippen molar-refractivity contribution >= 4 is 6.09 Å². The smallest absolute Gasteiger partial charge is 0.410 e. The Bertz CT molecular complexity index is 380. The Balaban J connectivity index is 2.17. The van der Waals surface area contributed by atoms with Crippen LogP contribution in [-0.2, 0) is 4.74 Å². The minimum absolute atomic E-state index is 0.0785. The SMILES string of the molecule is CCOC(=O)N1C[C@H](O)C[C@@H]1c1ccccc1. The van der Waals surface area contributed by atoms with Crippen LogP contribution in [0.1, 0.15) is 24.9 Å². The third-order valence-electron chi connectivity index (χ3n) is 2.97. The van der Waals surface area contributed by atoms with E-state index in [0.29, 0.717) is 19.6 Å². The number of hydrogen-bond acceptors (Lipinski definition) is 3. The van der Waals surface area contributed by atoms with Crippen LogP contribution >= 0.6 is 0 Å². The summed E-state index contributed by atoms with van der Waals surface area (Å²) in [6.45, 7) is 2.48. The lowest BCUT2D eigenvalue weighted by atomic mass is 10.0. The summed E-state index contributed by atoms with van der Waals surface area (Å²) in [7, 11) is 0. The van der Waals surface area contributed by atoms with E-state index in [1.54, 1.807) is 11.8 Å². The van der Waals surface area contributed by atoms with E-state index in [4.69, 9.17) is 4.74 Å². The van der Waals surface area contributed by atoms with E-state index < -0.39 is 6.10 Å². The molecule has 17 heavy (non-hydrogen) atoms. The second-order valence-corrected chi connectivity index (χ2v) is 4.17. The molecule has 1 saturated heterocycles. The van der Waals surface area contributed by atoms with E-state index >= 15 is 0 Å². The van der Waals surface area contributed by atoms with Gasteiger partial charge in [0.25, 0.3) is 0 Å². The molecule has 1 N–H and O–H groups in total. The van der Waals surface area contributed by atoms with Crippen molar-refractivity contribution in [1.82, 2.24) is 4.90 Å². The maximum atomic E-state index is 11.8. The minimum atomic E-state index is -0.468. The fraction of sp³-hybridized carbons (Fsp3) is 0.462. The predicted molar refractivity (Wildman–Crippen MR) is 63.5 cm³/mol. The molecular formula is C13H17NO3. The molecule has 0 spiro atoms. The fourth-order valence-electron chi connectivity index (χ4n) is 2.21. The monoisotopic (exact) mass is 235 g/mol. The van der Waals surface area contributed by atoms with E-state index in [-0.39, 0.29) is 12.1 Å². The maximum Gasteiger partial charge on any atom is 0.410 e. The molecule has 1 aliphatic rings. The van der Waals surface area contributed by atoms with Gasteiger partial charge in [-0.1, -0.05) is 30.3 Å². The second kappa shape index (κ2) is 5.19. The molecule has 2 rings (SSSR count). The number of amides is 1. The Hall–Kier alpha value is -1.55. The molecule has 1 amide bonds. The van der Waals surface area contributed by atoms with Gasteiger partial charge in [-0.2, -0.15) is 0 Å². The highest BCUT2D eigenvalue weighted by atomic mass is 16.6. The van der Waals surface area contributed by atoms with Crippen molar-refractivity contribution in [2.24, 2.45) is 0 Å². The molecule has 0 aliphatic carbocycles. The Morgan fingerprint density at radius 1 is 1.47 bits per heavy atom. The molecule has 1 aromatic carbocycles. The number of ether oxygens (including phenoxy) is 1. The first-order valence-electron chi connectivity index (χ1n) is 5.88. The van der Waals surface area contributed by atoms with Gasteiger partial charge in [-0.15, -0.1) is 0 Å². The standard InChI is InChI=1S/C13H17NO3/c1-2-17-13(16)14-9-11(15)8-12(14)10-6-4-3-5-7-10/h3-7,11-12,15H,2,8-9H2,1H3/t11-,12-/m1/s1. The number of rotatable bonds is 2. The minimum Gasteiger partial charge on any atom is -0.450 e. The first kappa shape index (κ1) is 11.9. The van der Waals surface area contributed by atoms with Crippen molar-refractivity contribution in [3.63, 3.8) is 0 Å². The summed E-state index contributed by atoms with van der Waals surface area (Å²) in [5.74, 6) is 0. The average molecular weight is 235 g/mol. The Labute approximate surface area is 101 Å². The maximum absolute atomic E-state index is 11.8. The van der Waals surface area contributed by atoms with Gasteiger partial charge in [0.15, 0.2) is 0 Å². The summed E-state index contributed by atoms with van der Waals surface area (Å²) >= 11 is 0. The summed E-state index contributed by atoms with van der Waals surface area (Å²) in [6.07, 6.45) is -0.245. The van der Waals surface area contributed by atoms with Gasteiger partial charge in [0.2, 0.25) is 0 Å². The van der Waals surface area contributed by atoms with Crippen molar-refractivity contribution in [2.45, 2.75) is 25.5 Å². The molecule has 0 aromatic heterocycles. The Morgan fingerprint density at radius 3 is 2.82 bits per heavy atom. The van der Waals surface area contributed by atoms with E-state index in [1.165, 1.54) is 0 Å². The number of aliphatic hydroxyl groups is 1. The van der Waals surface area contributed by atoms with Gasteiger partial charge in [-0.25, -0.2) is 4.79 Å². The van der Waals surface area contributed by atoms with Crippen LogP contribution in [0.3, 0.4) is 0 Å². The van der Waals surface area contributed by atoms with Crippen molar-refractivity contribution in [3.8, 4) is 0 Å². The van der Waals surface area contributed by atoms with Gasteiger partial charge in [0, 0.05) is 0 Å². The average Bonchev–Trinajstić information content (AvgIpc) is 2.73. The van der Waals surface area contributed by atoms with Crippen LogP contribution in [0.2, 0.25) is 0 Å². The van der Waals surface area contributed by atoms with E-state index in [2.05, 4.69) is 0 Å². The molecule has 1 fully saturated rings. The second-order valence-electron chi connectivity index (χ2n) is 4.17. The number of benzene rings is 1. The van der Waals surface area contributed by atoms with Crippen molar-refractivity contribution in [3.05, 3.63) is 35.9 Å². The number of carbonyl (C=O) groups is 1. The van der Waals surface area contributed by atoms with E-state index in [0.717, 1.165) is 5.56 Å². The van der Waals surface area contributed by atoms with Gasteiger partial charge < -0.3 is 9.84 Å². The zero-order valence-corrected chi connectivity index (χ0v) is 9.87. The fourth-order valence-corrected chi connectivity index (χ4v) is 2.21. The molecular weight excluding hydrogens is 218 g/mol. The lowest BCUT2D eigenvalue weighted by Gasteiger charge is -2.23. The van der Waals surface area contributed by atoms with Crippen LogP contribution in [-0.4, -0.2) is 35.4 Å². The third-order valence-corrected chi connectivity index (χ3v) is 2.97.